The van der Waals surface area contributed by atoms with E-state index < -0.39 is 0 Å². The highest BCUT2D eigenvalue weighted by atomic mass is 32.2. The summed E-state index contributed by atoms with van der Waals surface area (Å²) >= 11 is 3.15. The van der Waals surface area contributed by atoms with E-state index in [1.54, 1.807) is 23.1 Å². The monoisotopic (exact) mass is 416 g/mol. The number of hydrogen-bond acceptors (Lipinski definition) is 10. The lowest BCUT2D eigenvalue weighted by molar-refractivity contribution is 0.118. The number of nitrogens with one attached hydrogen (secondary N) is 2. The number of nitrogens with zero attached hydrogens (tertiary/aromatic N) is 5. The molecule has 0 radical (unpaired) electrons. The summed E-state index contributed by atoms with van der Waals surface area (Å²) in [6.45, 7) is 5.94. The summed E-state index contributed by atoms with van der Waals surface area (Å²) in [5.41, 5.74) is 6.66. The van der Waals surface area contributed by atoms with Gasteiger partial charge in [0.05, 0.1) is 0 Å². The van der Waals surface area contributed by atoms with Crippen LogP contribution in [0.2, 0.25) is 0 Å². The number of aryl methyl sites for hydroxylation is 1. The Morgan fingerprint density at radius 3 is 2.79 bits per heavy atom. The molecule has 1 unspecified atom stereocenters. The number of guanidine groups is 1. The molecule has 148 valence electrons. The van der Waals surface area contributed by atoms with Gasteiger partial charge in [-0.15, -0.1) is 11.3 Å². The maximum atomic E-state index is 5.92. The van der Waals surface area contributed by atoms with Crippen LogP contribution in [0.5, 0.6) is 0 Å². The third-order valence-corrected chi connectivity index (χ3v) is 6.20. The van der Waals surface area contributed by atoms with E-state index in [1.807, 2.05) is 37.4 Å². The molecule has 0 aliphatic carbocycles. The molecular formula is C18H24N8S2. The van der Waals surface area contributed by atoms with E-state index in [4.69, 9.17) is 15.7 Å². The van der Waals surface area contributed by atoms with Crippen LogP contribution < -0.4 is 16.4 Å². The van der Waals surface area contributed by atoms with Gasteiger partial charge in [0.2, 0.25) is 12.2 Å². The van der Waals surface area contributed by atoms with E-state index in [9.17, 15) is 0 Å². The number of rotatable bonds is 3. The predicted octanol–water partition coefficient (Wildman–Crippen LogP) is 2.08. The summed E-state index contributed by atoms with van der Waals surface area (Å²) in [7, 11) is 2.14. The minimum atomic E-state index is -0.248. The van der Waals surface area contributed by atoms with Crippen molar-refractivity contribution >= 4 is 45.0 Å². The van der Waals surface area contributed by atoms with Crippen molar-refractivity contribution in [3.63, 3.8) is 0 Å². The Morgan fingerprint density at radius 2 is 2.07 bits per heavy atom. The van der Waals surface area contributed by atoms with Gasteiger partial charge < -0.3 is 21.3 Å². The lowest BCUT2D eigenvalue weighted by atomic mass is 10.3. The molecule has 10 heteroatoms. The fraction of sp³-hybridized carbons (Fsp3) is 0.389. The zero-order chi connectivity index (χ0) is 19.5. The van der Waals surface area contributed by atoms with Crippen LogP contribution in [0.3, 0.4) is 0 Å². The van der Waals surface area contributed by atoms with Crippen LogP contribution >= 0.6 is 23.1 Å². The molecule has 2 aliphatic rings. The SMILES string of the molecule is Cc1cnc(NC2=NC(N3CCN(C)CC3)N=C(Sc3cccc(N)c3)N2)s1. The summed E-state index contributed by atoms with van der Waals surface area (Å²) < 4.78 is 0. The van der Waals surface area contributed by atoms with Crippen molar-refractivity contribution in [2.24, 2.45) is 9.98 Å². The molecule has 2 aliphatic heterocycles. The van der Waals surface area contributed by atoms with Gasteiger partial charge in [0, 0.05) is 47.8 Å². The van der Waals surface area contributed by atoms with Crippen LogP contribution in [0, 0.1) is 6.92 Å². The van der Waals surface area contributed by atoms with Crippen molar-refractivity contribution in [2.75, 3.05) is 44.3 Å². The molecule has 0 bridgehead atoms. The summed E-state index contributed by atoms with van der Waals surface area (Å²) in [5, 5.41) is 8.20. The molecule has 4 N–H and O–H groups in total. The van der Waals surface area contributed by atoms with E-state index >= 15 is 0 Å². The van der Waals surface area contributed by atoms with Crippen molar-refractivity contribution in [3.8, 4) is 0 Å². The molecule has 1 fully saturated rings. The molecule has 1 atom stereocenters. The lowest BCUT2D eigenvalue weighted by Crippen LogP contribution is -2.51. The van der Waals surface area contributed by atoms with Crippen molar-refractivity contribution < 1.29 is 0 Å². The molecule has 28 heavy (non-hydrogen) atoms. The standard InChI is InChI=1S/C18H24N8S2/c1-12-11-20-17(27-12)22-15-21-16(26-8-6-25(2)7-9-26)24-18(23-15)28-14-5-3-4-13(19)10-14/h3-5,10-11,16H,6-9,19H2,1-2H3,(H2,20,21,22,23,24). The maximum absolute atomic E-state index is 5.92. The highest BCUT2D eigenvalue weighted by molar-refractivity contribution is 8.13. The largest absolute Gasteiger partial charge is 0.399 e. The van der Waals surface area contributed by atoms with E-state index in [0.29, 0.717) is 5.96 Å². The highest BCUT2D eigenvalue weighted by Gasteiger charge is 2.26. The van der Waals surface area contributed by atoms with E-state index in [-0.39, 0.29) is 6.29 Å². The average Bonchev–Trinajstić information content (AvgIpc) is 3.07. The van der Waals surface area contributed by atoms with E-state index in [2.05, 4.69) is 32.5 Å². The summed E-state index contributed by atoms with van der Waals surface area (Å²) in [6, 6.07) is 7.80. The second kappa shape index (κ2) is 8.48. The number of nitrogens with two attached hydrogens (primary N) is 1. The fourth-order valence-electron chi connectivity index (χ4n) is 2.95. The zero-order valence-corrected chi connectivity index (χ0v) is 17.6. The van der Waals surface area contributed by atoms with Crippen LogP contribution in [0.25, 0.3) is 0 Å². The number of thiazole rings is 1. The molecule has 0 spiro atoms. The number of amidine groups is 1. The van der Waals surface area contributed by atoms with Crippen molar-refractivity contribution in [2.45, 2.75) is 18.1 Å². The lowest BCUT2D eigenvalue weighted by Gasteiger charge is -2.36. The molecule has 0 saturated carbocycles. The van der Waals surface area contributed by atoms with Crippen LogP contribution in [0.1, 0.15) is 4.88 Å². The third kappa shape index (κ3) is 4.82. The normalized spacial score (nSPS) is 21.0. The van der Waals surface area contributed by atoms with Gasteiger partial charge in [-0.3, -0.25) is 4.90 Å². The zero-order valence-electron chi connectivity index (χ0n) is 15.9. The van der Waals surface area contributed by atoms with Crippen molar-refractivity contribution in [3.05, 3.63) is 35.3 Å². The van der Waals surface area contributed by atoms with E-state index in [1.165, 1.54) is 0 Å². The second-order valence-corrected chi connectivity index (χ2v) is 9.10. The average molecular weight is 417 g/mol. The number of benzene rings is 1. The Kier molecular flexibility index (Phi) is 5.81. The molecule has 0 amide bonds. The Bertz CT molecular complexity index is 885. The Labute approximate surface area is 172 Å². The molecule has 3 heterocycles. The van der Waals surface area contributed by atoms with Gasteiger partial charge in [0.1, 0.15) is 0 Å². The number of aliphatic imine (C=N–C) groups is 2. The molecule has 8 nitrogen and oxygen atoms in total. The maximum Gasteiger partial charge on any atom is 0.207 e. The number of piperazine rings is 1. The first kappa shape index (κ1) is 19.2. The van der Waals surface area contributed by atoms with Gasteiger partial charge in [-0.2, -0.15) is 0 Å². The van der Waals surface area contributed by atoms with Crippen LogP contribution in [0.15, 0.2) is 45.3 Å². The Balaban J connectivity index is 1.54. The van der Waals surface area contributed by atoms with Gasteiger partial charge >= 0.3 is 0 Å². The van der Waals surface area contributed by atoms with Gasteiger partial charge in [0.25, 0.3) is 0 Å². The number of nitrogen functional groups attached to an aromatic ring is 1. The van der Waals surface area contributed by atoms with Crippen molar-refractivity contribution in [1.29, 1.82) is 0 Å². The molecule has 1 aromatic heterocycles. The van der Waals surface area contributed by atoms with Gasteiger partial charge in [-0.1, -0.05) is 17.8 Å². The van der Waals surface area contributed by atoms with E-state index in [0.717, 1.165) is 51.9 Å². The van der Waals surface area contributed by atoms with Gasteiger partial charge in [-0.05, 0) is 32.2 Å². The highest BCUT2D eigenvalue weighted by Crippen LogP contribution is 2.24. The first-order chi connectivity index (χ1) is 13.5. The first-order valence-electron chi connectivity index (χ1n) is 9.13. The topological polar surface area (TPSA) is 94.2 Å². The fourth-order valence-corrected chi connectivity index (χ4v) is 4.47. The third-order valence-electron chi connectivity index (χ3n) is 4.49. The smallest absolute Gasteiger partial charge is 0.207 e. The quantitative estimate of drug-likeness (QED) is 0.660. The number of likely N-dealkylation sites (N-methyl/N-ethyl adjacent to an activating group) is 1. The molecular weight excluding hydrogens is 392 g/mol. The summed E-state index contributed by atoms with van der Waals surface area (Å²) in [5.74, 6) is 0.666. The number of anilines is 2. The minimum Gasteiger partial charge on any atom is -0.399 e. The van der Waals surface area contributed by atoms with Crippen molar-refractivity contribution in [1.82, 2.24) is 20.1 Å². The Hall–Kier alpha value is -2.14. The second-order valence-electron chi connectivity index (χ2n) is 6.80. The summed E-state index contributed by atoms with van der Waals surface area (Å²) in [4.78, 5) is 20.8. The Morgan fingerprint density at radius 1 is 1.25 bits per heavy atom. The van der Waals surface area contributed by atoms with Gasteiger partial charge in [-0.25, -0.2) is 15.0 Å². The number of thioether (sulfide) groups is 1. The van der Waals surface area contributed by atoms with Crippen LogP contribution in [0.4, 0.5) is 10.8 Å². The van der Waals surface area contributed by atoms with Crippen LogP contribution in [-0.4, -0.2) is 65.4 Å². The summed E-state index contributed by atoms with van der Waals surface area (Å²) in [6.07, 6.45) is 1.60. The number of hydrogen-bond donors (Lipinski definition) is 3. The molecule has 4 rings (SSSR count). The first-order valence-corrected chi connectivity index (χ1v) is 10.8. The van der Waals surface area contributed by atoms with Crippen LogP contribution in [-0.2, 0) is 0 Å². The minimum absolute atomic E-state index is 0.248. The van der Waals surface area contributed by atoms with Gasteiger partial charge in [0.15, 0.2) is 10.3 Å². The molecule has 2 aromatic rings. The predicted molar refractivity (Wildman–Crippen MR) is 118 cm³/mol. The molecule has 1 saturated heterocycles. The number of aromatic nitrogens is 1. The molecule has 1 aromatic carbocycles.